The number of ketones is 1. The molecular weight excluding hydrogens is 318 g/mol. The van der Waals surface area contributed by atoms with Gasteiger partial charge in [-0.1, -0.05) is 24.6 Å². The molecule has 0 aromatic rings. The summed E-state index contributed by atoms with van der Waals surface area (Å²) in [5.74, 6) is 4.86. The fourth-order valence-corrected chi connectivity index (χ4v) is 8.54. The maximum atomic E-state index is 12.0. The predicted octanol–water partition coefficient (Wildman–Crippen LogP) is 5.32. The summed E-state index contributed by atoms with van der Waals surface area (Å²) in [7, 11) is 0. The first-order valence-corrected chi connectivity index (χ1v) is 10.8. The van der Waals surface area contributed by atoms with Crippen LogP contribution in [0.3, 0.4) is 0 Å². The summed E-state index contributed by atoms with van der Waals surface area (Å²) in [6.07, 6.45) is 12.0. The number of nitriles is 1. The van der Waals surface area contributed by atoms with E-state index in [0.717, 1.165) is 25.2 Å². The Labute approximate surface area is 157 Å². The first kappa shape index (κ1) is 16.8. The van der Waals surface area contributed by atoms with E-state index >= 15 is 0 Å². The quantitative estimate of drug-likeness (QED) is 0.633. The Morgan fingerprint density at radius 2 is 2.19 bits per heavy atom. The van der Waals surface area contributed by atoms with Gasteiger partial charge in [-0.3, -0.25) is 4.79 Å². The van der Waals surface area contributed by atoms with E-state index < -0.39 is 0 Å². The van der Waals surface area contributed by atoms with Crippen LogP contribution in [-0.4, -0.2) is 5.78 Å². The lowest BCUT2D eigenvalue weighted by molar-refractivity contribution is -0.121. The predicted molar refractivity (Wildman–Crippen MR) is 102 cm³/mol. The highest BCUT2D eigenvalue weighted by Crippen LogP contribution is 2.80. The van der Waals surface area contributed by atoms with Crippen molar-refractivity contribution < 1.29 is 4.79 Å². The van der Waals surface area contributed by atoms with Crippen molar-refractivity contribution in [1.29, 1.82) is 5.26 Å². The Balaban J connectivity index is 1.60. The van der Waals surface area contributed by atoms with Crippen molar-refractivity contribution in [3.05, 3.63) is 24.3 Å². The van der Waals surface area contributed by atoms with E-state index in [2.05, 4.69) is 38.6 Å². The van der Waals surface area contributed by atoms with E-state index in [1.807, 2.05) is 0 Å². The van der Waals surface area contributed by atoms with Crippen LogP contribution in [0.15, 0.2) is 24.3 Å². The van der Waals surface area contributed by atoms with Crippen LogP contribution in [0.25, 0.3) is 0 Å². The van der Waals surface area contributed by atoms with Crippen molar-refractivity contribution >= 4 is 5.78 Å². The van der Waals surface area contributed by atoms with Crippen LogP contribution >= 0.6 is 0 Å². The number of nitrogens with zero attached hydrogens (tertiary/aromatic N) is 1. The van der Waals surface area contributed by atoms with Crippen molar-refractivity contribution in [3.63, 3.8) is 0 Å². The fraction of sp³-hybridized carbons (Fsp3) is 0.750. The van der Waals surface area contributed by atoms with Crippen molar-refractivity contribution in [2.75, 3.05) is 0 Å². The highest BCUT2D eigenvalue weighted by atomic mass is 16.1. The zero-order valence-electron chi connectivity index (χ0n) is 16.2. The molecule has 0 aromatic heterocycles. The summed E-state index contributed by atoms with van der Waals surface area (Å²) < 4.78 is 0. The van der Waals surface area contributed by atoms with Crippen molar-refractivity contribution in [2.45, 2.75) is 58.8 Å². The molecular formula is C24H31NO. The van der Waals surface area contributed by atoms with Gasteiger partial charge in [0.05, 0.1) is 11.5 Å². The molecule has 4 fully saturated rings. The standard InChI is InChI=1S/C24H31NO/c1-4-14-10-15-11-16(26)6-7-17(15)18-8-9-24(5-2)22(21(14)18)19-12-20(19)23(24,3)13-25/h4,10,14,17-22H,1,5-9,11-12H2,2-3H3/t14-,17+,18-,19-,20+,21-,22+,23+,24+/m1/s1. The lowest BCUT2D eigenvalue weighted by Gasteiger charge is -2.58. The van der Waals surface area contributed by atoms with Gasteiger partial charge in [-0.05, 0) is 85.9 Å². The van der Waals surface area contributed by atoms with Crippen LogP contribution in [0.5, 0.6) is 0 Å². The number of rotatable bonds is 2. The average molecular weight is 350 g/mol. The first-order valence-electron chi connectivity index (χ1n) is 10.8. The Hall–Kier alpha value is -1.36. The minimum atomic E-state index is -0.139. The highest BCUT2D eigenvalue weighted by molar-refractivity contribution is 5.82. The monoisotopic (exact) mass is 349 g/mol. The molecule has 0 heterocycles. The topological polar surface area (TPSA) is 40.9 Å². The fourth-order valence-electron chi connectivity index (χ4n) is 8.54. The highest BCUT2D eigenvalue weighted by Gasteiger charge is 2.76. The minimum absolute atomic E-state index is 0.139. The number of Topliss-reactive ketones (excluding diaryl/α,β-unsaturated/α-hetero) is 1. The summed E-state index contributed by atoms with van der Waals surface area (Å²) in [4.78, 5) is 12.0. The van der Waals surface area contributed by atoms with Crippen LogP contribution in [0, 0.1) is 63.6 Å². The molecule has 5 rings (SSSR count). The van der Waals surface area contributed by atoms with Gasteiger partial charge < -0.3 is 0 Å². The number of hydrogen-bond donors (Lipinski definition) is 0. The number of allylic oxidation sites excluding steroid dienone is 3. The van der Waals surface area contributed by atoms with Crippen molar-refractivity contribution in [2.24, 2.45) is 52.3 Å². The molecule has 5 aliphatic rings. The average Bonchev–Trinajstić information content (AvgIpc) is 3.42. The second-order valence-electron chi connectivity index (χ2n) is 10.1. The summed E-state index contributed by atoms with van der Waals surface area (Å²) in [5.41, 5.74) is 1.48. The number of fused-ring (bicyclic) bond motifs is 7. The van der Waals surface area contributed by atoms with Gasteiger partial charge in [0.2, 0.25) is 0 Å². The minimum Gasteiger partial charge on any atom is -0.299 e. The molecule has 0 unspecified atom stereocenters. The maximum Gasteiger partial charge on any atom is 0.136 e. The van der Waals surface area contributed by atoms with Gasteiger partial charge in [-0.2, -0.15) is 5.26 Å². The molecule has 0 aliphatic heterocycles. The molecule has 138 valence electrons. The third kappa shape index (κ3) is 1.81. The Morgan fingerprint density at radius 3 is 2.88 bits per heavy atom. The third-order valence-electron chi connectivity index (χ3n) is 9.66. The summed E-state index contributed by atoms with van der Waals surface area (Å²) in [6.45, 7) is 8.81. The number of hydrogen-bond acceptors (Lipinski definition) is 2. The lowest BCUT2D eigenvalue weighted by atomic mass is 9.45. The molecule has 4 saturated carbocycles. The Morgan fingerprint density at radius 1 is 1.38 bits per heavy atom. The molecule has 0 radical (unpaired) electrons. The van der Waals surface area contributed by atoms with Gasteiger partial charge in [0.25, 0.3) is 0 Å². The Bertz CT molecular complexity index is 744. The van der Waals surface area contributed by atoms with Crippen LogP contribution in [0.1, 0.15) is 58.8 Å². The summed E-state index contributed by atoms with van der Waals surface area (Å²) in [6, 6.07) is 2.83. The zero-order chi connectivity index (χ0) is 18.3. The number of carbonyl (C=O) groups is 1. The van der Waals surface area contributed by atoms with Gasteiger partial charge in [0.1, 0.15) is 5.78 Å². The van der Waals surface area contributed by atoms with Crippen LogP contribution in [-0.2, 0) is 4.79 Å². The number of carbonyl (C=O) groups excluding carboxylic acids is 1. The maximum absolute atomic E-state index is 12.0. The van der Waals surface area contributed by atoms with Gasteiger partial charge in [0, 0.05) is 12.8 Å². The van der Waals surface area contributed by atoms with E-state index in [1.54, 1.807) is 0 Å². The lowest BCUT2D eigenvalue weighted by Crippen LogP contribution is -2.53. The van der Waals surface area contributed by atoms with Crippen molar-refractivity contribution in [1.82, 2.24) is 0 Å². The van der Waals surface area contributed by atoms with Crippen molar-refractivity contribution in [3.8, 4) is 6.07 Å². The molecule has 0 spiro atoms. The SMILES string of the molecule is C=C[C@@H]1C=C2CC(=O)CC[C@@H]2[C@H]2CC[C@@]3(CC)[C@@H]([C@@H]4C[C@@H]4[C@]3(C)C#N)[C@H]12. The molecule has 2 heteroatoms. The third-order valence-corrected chi connectivity index (χ3v) is 9.66. The smallest absolute Gasteiger partial charge is 0.136 e. The van der Waals surface area contributed by atoms with E-state index in [1.165, 1.54) is 24.8 Å². The van der Waals surface area contributed by atoms with E-state index in [4.69, 9.17) is 0 Å². The molecule has 0 amide bonds. The Kier molecular flexibility index (Phi) is 3.45. The largest absolute Gasteiger partial charge is 0.299 e. The van der Waals surface area contributed by atoms with Gasteiger partial charge in [0.15, 0.2) is 0 Å². The summed E-state index contributed by atoms with van der Waals surface area (Å²) in [5, 5.41) is 10.2. The normalized spacial score (nSPS) is 54.1. The van der Waals surface area contributed by atoms with E-state index in [-0.39, 0.29) is 10.8 Å². The van der Waals surface area contributed by atoms with Crippen LogP contribution in [0.2, 0.25) is 0 Å². The molecule has 5 aliphatic carbocycles. The van der Waals surface area contributed by atoms with Gasteiger partial charge >= 0.3 is 0 Å². The molecule has 2 nitrogen and oxygen atoms in total. The molecule has 9 atom stereocenters. The van der Waals surface area contributed by atoms with Gasteiger partial charge in [-0.25, -0.2) is 0 Å². The van der Waals surface area contributed by atoms with E-state index in [9.17, 15) is 10.1 Å². The van der Waals surface area contributed by atoms with Gasteiger partial charge in [-0.15, -0.1) is 6.58 Å². The second-order valence-corrected chi connectivity index (χ2v) is 10.1. The first-order chi connectivity index (χ1) is 12.5. The zero-order valence-corrected chi connectivity index (χ0v) is 16.2. The summed E-state index contributed by atoms with van der Waals surface area (Å²) >= 11 is 0. The molecule has 0 bridgehead atoms. The molecule has 0 saturated heterocycles. The second kappa shape index (κ2) is 5.34. The molecule has 26 heavy (non-hydrogen) atoms. The van der Waals surface area contributed by atoms with Crippen LogP contribution in [0.4, 0.5) is 0 Å². The van der Waals surface area contributed by atoms with E-state index in [0.29, 0.717) is 47.7 Å². The molecule has 0 N–H and O–H groups in total. The van der Waals surface area contributed by atoms with Crippen LogP contribution < -0.4 is 0 Å². The molecule has 0 aromatic carbocycles.